The van der Waals surface area contributed by atoms with E-state index in [2.05, 4.69) is 20.8 Å². The molecule has 0 amide bonds. The van der Waals surface area contributed by atoms with Crippen molar-refractivity contribution in [2.75, 3.05) is 12.0 Å². The lowest BCUT2D eigenvalue weighted by molar-refractivity contribution is 0.500. The van der Waals surface area contributed by atoms with Crippen LogP contribution in [0.3, 0.4) is 0 Å². The topological polar surface area (TPSA) is 40.5 Å². The molecule has 88 valence electrons. The van der Waals surface area contributed by atoms with Crippen LogP contribution >= 0.6 is 15.3 Å². The third kappa shape index (κ3) is 3.82. The van der Waals surface area contributed by atoms with E-state index in [1.807, 2.05) is 6.26 Å². The molecule has 0 heterocycles. The van der Waals surface area contributed by atoms with E-state index in [0.717, 1.165) is 25.0 Å². The molecule has 5 heteroatoms. The summed E-state index contributed by atoms with van der Waals surface area (Å²) in [7, 11) is -1.41. The molecule has 1 unspecified atom stereocenters. The van der Waals surface area contributed by atoms with Gasteiger partial charge in [0.25, 0.3) is 0 Å². The fourth-order valence-electron chi connectivity index (χ4n) is 1.27. The highest BCUT2D eigenvalue weighted by Gasteiger charge is 2.34. The van der Waals surface area contributed by atoms with Gasteiger partial charge in [-0.05, 0) is 35.5 Å². The van der Waals surface area contributed by atoms with Crippen molar-refractivity contribution in [2.45, 2.75) is 45.3 Å². The predicted molar refractivity (Wildman–Crippen MR) is 71.8 cm³/mol. The average Bonchev–Trinajstić information content (AvgIpc) is 2.02. The summed E-state index contributed by atoms with van der Waals surface area (Å²) in [4.78, 5) is 19.4. The summed E-state index contributed by atoms with van der Waals surface area (Å²) in [5, 5.41) is 0.306. The number of hydrogen-bond acceptors (Lipinski definition) is 1. The molecular formula is C9H23O2PS2. The van der Waals surface area contributed by atoms with E-state index in [1.165, 1.54) is 0 Å². The number of unbranched alkanes of at least 4 members (excludes halogenated alkanes) is 2. The second kappa shape index (κ2) is 5.86. The fourth-order valence-corrected chi connectivity index (χ4v) is 8.29. The van der Waals surface area contributed by atoms with Gasteiger partial charge in [-0.2, -0.15) is 9.65 Å². The van der Waals surface area contributed by atoms with Crippen LogP contribution in [-0.4, -0.2) is 27.0 Å². The summed E-state index contributed by atoms with van der Waals surface area (Å²) in [6, 6.07) is 0. The standard InChI is InChI=1S/C9H23O2PS2/c1-5-6-7-8-14(4,9(2)3)12(10,11)13/h9H,5-8H2,1-4H3,(H2,10,11,13). The van der Waals surface area contributed by atoms with E-state index in [-0.39, 0.29) is 0 Å². The maximum absolute atomic E-state index is 9.72. The molecule has 0 bridgehead atoms. The summed E-state index contributed by atoms with van der Waals surface area (Å²) < 4.78 is 0. The normalized spacial score (nSPS) is 19.4. The van der Waals surface area contributed by atoms with E-state index in [1.54, 1.807) is 0 Å². The van der Waals surface area contributed by atoms with Crippen molar-refractivity contribution in [3.8, 4) is 0 Å². The molecule has 0 aliphatic heterocycles. The first-order valence-electron chi connectivity index (χ1n) is 5.06. The quantitative estimate of drug-likeness (QED) is 0.567. The molecule has 0 spiro atoms. The van der Waals surface area contributed by atoms with Crippen LogP contribution in [0, 0.1) is 0 Å². The Morgan fingerprint density at radius 1 is 1.29 bits per heavy atom. The van der Waals surface area contributed by atoms with Gasteiger partial charge in [-0.25, -0.2) is 0 Å². The summed E-state index contributed by atoms with van der Waals surface area (Å²) in [5.41, 5.74) is -3.07. The molecule has 0 saturated carbocycles. The van der Waals surface area contributed by atoms with Crippen molar-refractivity contribution < 1.29 is 9.79 Å². The summed E-state index contributed by atoms with van der Waals surface area (Å²) >= 11 is 4.90. The van der Waals surface area contributed by atoms with Crippen LogP contribution in [0.1, 0.15) is 40.0 Å². The Labute approximate surface area is 94.3 Å². The van der Waals surface area contributed by atoms with Gasteiger partial charge in [-0.15, -0.1) is 0 Å². The smallest absolute Gasteiger partial charge is 0.224 e. The molecule has 2 nitrogen and oxygen atoms in total. The molecule has 0 aromatic rings. The van der Waals surface area contributed by atoms with E-state index in [4.69, 9.17) is 11.8 Å². The lowest BCUT2D eigenvalue weighted by Gasteiger charge is -2.43. The highest BCUT2D eigenvalue weighted by molar-refractivity contribution is 8.85. The Kier molecular flexibility index (Phi) is 6.24. The zero-order chi connectivity index (χ0) is 11.4. The lowest BCUT2D eigenvalue weighted by atomic mass is 10.3. The zero-order valence-corrected chi connectivity index (χ0v) is 12.1. The van der Waals surface area contributed by atoms with Crippen LogP contribution in [0.25, 0.3) is 0 Å². The van der Waals surface area contributed by atoms with Crippen LogP contribution < -0.4 is 0 Å². The highest BCUT2D eigenvalue weighted by Crippen LogP contribution is 2.77. The fraction of sp³-hybridized carbons (Fsp3) is 1.00. The van der Waals surface area contributed by atoms with E-state index in [0.29, 0.717) is 5.25 Å². The van der Waals surface area contributed by atoms with E-state index >= 15 is 0 Å². The Bertz CT molecular complexity index is 215. The maximum atomic E-state index is 9.72. The second-order valence-corrected chi connectivity index (χ2v) is 14.9. The molecule has 0 aliphatic carbocycles. The second-order valence-electron chi connectivity index (χ2n) is 4.06. The third-order valence-electron chi connectivity index (χ3n) is 2.72. The lowest BCUT2D eigenvalue weighted by Crippen LogP contribution is -2.14. The minimum Gasteiger partial charge on any atom is -0.339 e. The van der Waals surface area contributed by atoms with Crippen LogP contribution in [0.2, 0.25) is 0 Å². The third-order valence-corrected chi connectivity index (χ3v) is 15.1. The average molecular weight is 258 g/mol. The first kappa shape index (κ1) is 14.9. The molecule has 0 saturated heterocycles. The largest absolute Gasteiger partial charge is 0.339 e. The molecule has 0 aliphatic rings. The van der Waals surface area contributed by atoms with Crippen LogP contribution in [0.4, 0.5) is 0 Å². The Morgan fingerprint density at radius 2 is 1.79 bits per heavy atom. The molecular weight excluding hydrogens is 235 g/mol. The van der Waals surface area contributed by atoms with Gasteiger partial charge in [0.05, 0.1) is 0 Å². The molecule has 0 aromatic heterocycles. The van der Waals surface area contributed by atoms with Gasteiger partial charge in [0, 0.05) is 0 Å². The Morgan fingerprint density at radius 3 is 2.07 bits per heavy atom. The van der Waals surface area contributed by atoms with Crippen molar-refractivity contribution in [1.29, 1.82) is 0 Å². The van der Waals surface area contributed by atoms with Gasteiger partial charge in [0.1, 0.15) is 0 Å². The van der Waals surface area contributed by atoms with Gasteiger partial charge >= 0.3 is 0 Å². The monoisotopic (exact) mass is 258 g/mol. The molecule has 1 atom stereocenters. The highest BCUT2D eigenvalue weighted by atomic mass is 33.0. The summed E-state index contributed by atoms with van der Waals surface area (Å²) in [6.07, 6.45) is 5.38. The SMILES string of the molecule is CCCCCS(C)(C(C)C)P(O)(O)=S. The van der Waals surface area contributed by atoms with Crippen molar-refractivity contribution in [2.24, 2.45) is 0 Å². The minimum absolute atomic E-state index is 0.306. The molecule has 2 N–H and O–H groups in total. The summed E-state index contributed by atoms with van der Waals surface area (Å²) in [5.74, 6) is 0.906. The molecule has 0 fully saturated rings. The van der Waals surface area contributed by atoms with Crippen LogP contribution in [0.5, 0.6) is 0 Å². The van der Waals surface area contributed by atoms with Crippen molar-refractivity contribution in [3.63, 3.8) is 0 Å². The number of rotatable bonds is 6. The Hall–Kier alpha value is 0.920. The molecule has 0 radical (unpaired) electrons. The van der Waals surface area contributed by atoms with Crippen molar-refractivity contribution >= 4 is 27.1 Å². The first-order chi connectivity index (χ1) is 6.25. The molecule has 0 aromatic carbocycles. The summed E-state index contributed by atoms with van der Waals surface area (Å²) in [6.45, 7) is 6.25. The van der Waals surface area contributed by atoms with Gasteiger partial charge in [-0.3, -0.25) is 0 Å². The zero-order valence-electron chi connectivity index (χ0n) is 9.56. The Balaban J connectivity index is 4.50. The number of hydrogen-bond donors (Lipinski definition) is 2. The van der Waals surface area contributed by atoms with Crippen molar-refractivity contribution in [1.82, 2.24) is 0 Å². The molecule has 14 heavy (non-hydrogen) atoms. The van der Waals surface area contributed by atoms with Gasteiger partial charge in [0.2, 0.25) is 5.69 Å². The van der Waals surface area contributed by atoms with Gasteiger partial charge < -0.3 is 9.79 Å². The van der Waals surface area contributed by atoms with Crippen molar-refractivity contribution in [3.05, 3.63) is 0 Å². The first-order valence-corrected chi connectivity index (χ1v) is 10.6. The minimum atomic E-state index is -3.07. The van der Waals surface area contributed by atoms with Gasteiger partial charge in [0.15, 0.2) is 0 Å². The molecule has 0 rings (SSSR count). The van der Waals surface area contributed by atoms with E-state index in [9.17, 15) is 9.79 Å². The van der Waals surface area contributed by atoms with E-state index < -0.39 is 15.3 Å². The van der Waals surface area contributed by atoms with Crippen LogP contribution in [0.15, 0.2) is 0 Å². The van der Waals surface area contributed by atoms with Crippen LogP contribution in [-0.2, 0) is 11.8 Å². The predicted octanol–water partition coefficient (Wildman–Crippen LogP) is 3.23. The van der Waals surface area contributed by atoms with Gasteiger partial charge in [-0.1, -0.05) is 33.6 Å². The maximum Gasteiger partial charge on any atom is 0.224 e.